The molecular formula is C22H25ClN2O2. The van der Waals surface area contributed by atoms with E-state index >= 15 is 0 Å². The summed E-state index contributed by atoms with van der Waals surface area (Å²) in [6.45, 7) is 4.17. The lowest BCUT2D eigenvalue weighted by Crippen LogP contribution is -2.25. The maximum absolute atomic E-state index is 12.7. The Kier molecular flexibility index (Phi) is 6.54. The molecule has 0 aliphatic carbocycles. The first-order chi connectivity index (χ1) is 12.8. The summed E-state index contributed by atoms with van der Waals surface area (Å²) < 4.78 is 7.65. The zero-order valence-electron chi connectivity index (χ0n) is 15.3. The first-order valence-electron chi connectivity index (χ1n) is 9.33. The summed E-state index contributed by atoms with van der Waals surface area (Å²) >= 11 is 0. The fraction of sp³-hybridized carbons (Fsp3) is 0.318. The number of ether oxygens (including phenoxy) is 1. The monoisotopic (exact) mass is 384 g/mol. The van der Waals surface area contributed by atoms with Crippen molar-refractivity contribution in [2.24, 2.45) is 0 Å². The van der Waals surface area contributed by atoms with Crippen molar-refractivity contribution in [2.45, 2.75) is 19.4 Å². The summed E-state index contributed by atoms with van der Waals surface area (Å²) in [4.78, 5) is 15.1. The summed E-state index contributed by atoms with van der Waals surface area (Å²) in [5, 5.41) is 1.06. The molecule has 0 spiro atoms. The number of carbonyl (C=O) groups is 1. The SMILES string of the molecule is Cl.O=C(OCCN1CCCC1)c1cc2ccccc2n1Cc1ccccc1. The van der Waals surface area contributed by atoms with Crippen LogP contribution in [0.25, 0.3) is 10.9 Å². The third-order valence-corrected chi connectivity index (χ3v) is 5.04. The highest BCUT2D eigenvalue weighted by atomic mass is 35.5. The molecule has 4 rings (SSSR count). The summed E-state index contributed by atoms with van der Waals surface area (Å²) in [6.07, 6.45) is 2.50. The third-order valence-electron chi connectivity index (χ3n) is 5.04. The number of likely N-dealkylation sites (tertiary alicyclic amines) is 1. The van der Waals surface area contributed by atoms with Crippen molar-refractivity contribution >= 4 is 29.3 Å². The van der Waals surface area contributed by atoms with Crippen LogP contribution < -0.4 is 0 Å². The minimum absolute atomic E-state index is 0. The zero-order valence-corrected chi connectivity index (χ0v) is 16.2. The normalized spacial score (nSPS) is 14.2. The van der Waals surface area contributed by atoms with E-state index in [1.54, 1.807) is 0 Å². The van der Waals surface area contributed by atoms with Crippen molar-refractivity contribution < 1.29 is 9.53 Å². The van der Waals surface area contributed by atoms with Gasteiger partial charge >= 0.3 is 5.97 Å². The molecule has 1 saturated heterocycles. The topological polar surface area (TPSA) is 34.5 Å². The Hall–Kier alpha value is -2.30. The van der Waals surface area contributed by atoms with Gasteiger partial charge in [-0.15, -0.1) is 12.4 Å². The fourth-order valence-electron chi connectivity index (χ4n) is 3.66. The first kappa shape index (κ1) is 19.5. The first-order valence-corrected chi connectivity index (χ1v) is 9.33. The van der Waals surface area contributed by atoms with Crippen LogP contribution in [0.4, 0.5) is 0 Å². The van der Waals surface area contributed by atoms with Crippen LogP contribution in [0.2, 0.25) is 0 Å². The Morgan fingerprint density at radius 1 is 0.963 bits per heavy atom. The van der Waals surface area contributed by atoms with E-state index < -0.39 is 0 Å². The second kappa shape index (κ2) is 9.07. The zero-order chi connectivity index (χ0) is 17.8. The number of fused-ring (bicyclic) bond motifs is 1. The van der Waals surface area contributed by atoms with E-state index in [1.807, 2.05) is 42.5 Å². The smallest absolute Gasteiger partial charge is 0.355 e. The molecule has 2 aromatic carbocycles. The third kappa shape index (κ3) is 4.52. The van der Waals surface area contributed by atoms with Gasteiger partial charge in [0.2, 0.25) is 0 Å². The predicted octanol–water partition coefficient (Wildman–Crippen LogP) is 4.36. The molecule has 0 atom stereocenters. The Morgan fingerprint density at radius 3 is 2.44 bits per heavy atom. The molecule has 27 heavy (non-hydrogen) atoms. The number of nitrogens with zero attached hydrogens (tertiary/aromatic N) is 2. The van der Waals surface area contributed by atoms with Crippen LogP contribution in [0, 0.1) is 0 Å². The van der Waals surface area contributed by atoms with Crippen LogP contribution in [0.1, 0.15) is 28.9 Å². The number of halogens is 1. The van der Waals surface area contributed by atoms with Gasteiger partial charge in [0, 0.05) is 24.0 Å². The van der Waals surface area contributed by atoms with E-state index in [-0.39, 0.29) is 18.4 Å². The molecule has 5 heteroatoms. The predicted molar refractivity (Wildman–Crippen MR) is 111 cm³/mol. The molecule has 1 fully saturated rings. The van der Waals surface area contributed by atoms with Crippen molar-refractivity contribution in [1.29, 1.82) is 0 Å². The fourth-order valence-corrected chi connectivity index (χ4v) is 3.66. The number of carbonyl (C=O) groups excluding carboxylic acids is 1. The molecule has 0 amide bonds. The molecule has 2 heterocycles. The van der Waals surface area contributed by atoms with Gasteiger partial charge in [0.25, 0.3) is 0 Å². The van der Waals surface area contributed by atoms with Crippen LogP contribution in [-0.4, -0.2) is 41.7 Å². The van der Waals surface area contributed by atoms with Gasteiger partial charge in [-0.3, -0.25) is 4.90 Å². The second-order valence-corrected chi connectivity index (χ2v) is 6.84. The number of aromatic nitrogens is 1. The Balaban J connectivity index is 0.00000210. The van der Waals surface area contributed by atoms with Crippen molar-refractivity contribution in [3.05, 3.63) is 71.9 Å². The van der Waals surface area contributed by atoms with Gasteiger partial charge in [-0.2, -0.15) is 0 Å². The maximum atomic E-state index is 12.7. The molecule has 1 aliphatic heterocycles. The molecule has 3 aromatic rings. The Labute approximate surface area is 166 Å². The van der Waals surface area contributed by atoms with Crippen LogP contribution in [0.3, 0.4) is 0 Å². The number of hydrogen-bond donors (Lipinski definition) is 0. The van der Waals surface area contributed by atoms with E-state index in [0.717, 1.165) is 30.5 Å². The molecule has 0 bridgehead atoms. The van der Waals surface area contributed by atoms with Crippen molar-refractivity contribution in [3.8, 4) is 0 Å². The van der Waals surface area contributed by atoms with Gasteiger partial charge < -0.3 is 9.30 Å². The largest absolute Gasteiger partial charge is 0.460 e. The molecule has 1 aromatic heterocycles. The molecule has 0 radical (unpaired) electrons. The molecule has 142 valence electrons. The maximum Gasteiger partial charge on any atom is 0.355 e. The number of hydrogen-bond acceptors (Lipinski definition) is 3. The van der Waals surface area contributed by atoms with E-state index in [1.165, 1.54) is 18.4 Å². The average molecular weight is 385 g/mol. The van der Waals surface area contributed by atoms with Gasteiger partial charge in [0.15, 0.2) is 0 Å². The molecule has 1 aliphatic rings. The highest BCUT2D eigenvalue weighted by Gasteiger charge is 2.18. The Morgan fingerprint density at radius 2 is 1.67 bits per heavy atom. The lowest BCUT2D eigenvalue weighted by molar-refractivity contribution is 0.0461. The lowest BCUT2D eigenvalue weighted by atomic mass is 10.2. The number of benzene rings is 2. The number of para-hydroxylation sites is 1. The van der Waals surface area contributed by atoms with Gasteiger partial charge in [0.1, 0.15) is 12.3 Å². The van der Waals surface area contributed by atoms with Crippen LogP contribution in [-0.2, 0) is 11.3 Å². The second-order valence-electron chi connectivity index (χ2n) is 6.84. The highest BCUT2D eigenvalue weighted by Crippen LogP contribution is 2.22. The van der Waals surface area contributed by atoms with Crippen LogP contribution in [0.5, 0.6) is 0 Å². The molecule has 0 N–H and O–H groups in total. The molecular weight excluding hydrogens is 360 g/mol. The Bertz CT molecular complexity index is 886. The molecule has 0 unspecified atom stereocenters. The van der Waals surface area contributed by atoms with E-state index in [0.29, 0.717) is 18.8 Å². The summed E-state index contributed by atoms with van der Waals surface area (Å²) in [7, 11) is 0. The summed E-state index contributed by atoms with van der Waals surface area (Å²) in [6, 6.07) is 20.3. The van der Waals surface area contributed by atoms with Crippen molar-refractivity contribution in [2.75, 3.05) is 26.2 Å². The van der Waals surface area contributed by atoms with Gasteiger partial charge in [-0.25, -0.2) is 4.79 Å². The van der Waals surface area contributed by atoms with E-state index in [4.69, 9.17) is 4.74 Å². The number of rotatable bonds is 6. The minimum Gasteiger partial charge on any atom is -0.460 e. The highest BCUT2D eigenvalue weighted by molar-refractivity contribution is 5.95. The van der Waals surface area contributed by atoms with Gasteiger partial charge in [-0.05, 0) is 43.6 Å². The van der Waals surface area contributed by atoms with E-state index in [9.17, 15) is 4.79 Å². The van der Waals surface area contributed by atoms with Crippen molar-refractivity contribution in [1.82, 2.24) is 9.47 Å². The minimum atomic E-state index is -0.240. The summed E-state index contributed by atoms with van der Waals surface area (Å²) in [5.41, 5.74) is 2.85. The van der Waals surface area contributed by atoms with Crippen molar-refractivity contribution in [3.63, 3.8) is 0 Å². The van der Waals surface area contributed by atoms with Gasteiger partial charge in [0.05, 0.1) is 0 Å². The van der Waals surface area contributed by atoms with Gasteiger partial charge in [-0.1, -0.05) is 48.5 Å². The average Bonchev–Trinajstić information content (AvgIpc) is 3.31. The van der Waals surface area contributed by atoms with E-state index in [2.05, 4.69) is 27.7 Å². The quantitative estimate of drug-likeness (QED) is 0.592. The van der Waals surface area contributed by atoms with Crippen LogP contribution in [0.15, 0.2) is 60.7 Å². The standard InChI is InChI=1S/C22H24N2O2.ClH/c25-22(26-15-14-23-12-6-7-13-23)21-16-19-10-4-5-11-20(19)24(21)17-18-8-2-1-3-9-18;/h1-5,8-11,16H,6-7,12-15,17H2;1H. The summed E-state index contributed by atoms with van der Waals surface area (Å²) in [5.74, 6) is -0.240. The van der Waals surface area contributed by atoms with Crippen LogP contribution >= 0.6 is 12.4 Å². The molecule has 4 nitrogen and oxygen atoms in total. The molecule has 0 saturated carbocycles. The number of esters is 1. The lowest BCUT2D eigenvalue weighted by Gasteiger charge is -2.15.